The van der Waals surface area contributed by atoms with Crippen molar-refractivity contribution in [3.63, 3.8) is 0 Å². The molecule has 2 amide bonds. The minimum atomic E-state index is -0.415. The van der Waals surface area contributed by atoms with E-state index in [-0.39, 0.29) is 17.4 Å². The summed E-state index contributed by atoms with van der Waals surface area (Å²) in [5.41, 5.74) is 2.76. The molecule has 0 saturated heterocycles. The van der Waals surface area contributed by atoms with E-state index in [2.05, 4.69) is 10.6 Å². The highest BCUT2D eigenvalue weighted by molar-refractivity contribution is 5.99. The predicted molar refractivity (Wildman–Crippen MR) is 117 cm³/mol. The van der Waals surface area contributed by atoms with Crippen LogP contribution in [0.25, 0.3) is 0 Å². The molecule has 0 aromatic heterocycles. The van der Waals surface area contributed by atoms with Crippen LogP contribution in [-0.2, 0) is 4.79 Å². The molecule has 0 aliphatic heterocycles. The highest BCUT2D eigenvalue weighted by Gasteiger charge is 2.23. The van der Waals surface area contributed by atoms with Gasteiger partial charge in [-0.05, 0) is 56.2 Å². The van der Waals surface area contributed by atoms with Crippen LogP contribution in [0.15, 0.2) is 84.9 Å². The van der Waals surface area contributed by atoms with Crippen LogP contribution in [0, 0.1) is 0 Å². The Hall–Kier alpha value is -3.40. The quantitative estimate of drug-likeness (QED) is 0.649. The molecule has 4 heteroatoms. The van der Waals surface area contributed by atoms with Crippen LogP contribution < -0.4 is 10.6 Å². The third-order valence-electron chi connectivity index (χ3n) is 4.43. The number of amides is 2. The lowest BCUT2D eigenvalue weighted by Gasteiger charge is -2.20. The standard InChI is InChI=1S/C25H26N2O2/c1-25(2,3)27-23(28)20-14-16-21(17-15-20)26-24(29)22(18-10-6-4-7-11-18)19-12-8-5-9-13-19/h4-17,22H,1-3H3,(H,26,29)(H,27,28). The minimum Gasteiger partial charge on any atom is -0.347 e. The highest BCUT2D eigenvalue weighted by atomic mass is 16.2. The fraction of sp³-hybridized carbons (Fsp3) is 0.200. The van der Waals surface area contributed by atoms with Gasteiger partial charge >= 0.3 is 0 Å². The number of carbonyl (C=O) groups is 2. The van der Waals surface area contributed by atoms with E-state index < -0.39 is 5.92 Å². The Labute approximate surface area is 172 Å². The first-order valence-corrected chi connectivity index (χ1v) is 9.67. The maximum Gasteiger partial charge on any atom is 0.251 e. The summed E-state index contributed by atoms with van der Waals surface area (Å²) in [5, 5.41) is 5.91. The largest absolute Gasteiger partial charge is 0.347 e. The Morgan fingerprint density at radius 1 is 0.724 bits per heavy atom. The van der Waals surface area contributed by atoms with Gasteiger partial charge in [-0.1, -0.05) is 60.7 Å². The SMILES string of the molecule is CC(C)(C)NC(=O)c1ccc(NC(=O)C(c2ccccc2)c2ccccc2)cc1. The molecule has 29 heavy (non-hydrogen) atoms. The highest BCUT2D eigenvalue weighted by Crippen LogP contribution is 2.26. The molecule has 0 aliphatic rings. The molecule has 3 aromatic rings. The molecular weight excluding hydrogens is 360 g/mol. The molecule has 0 aliphatic carbocycles. The van der Waals surface area contributed by atoms with Crippen molar-refractivity contribution < 1.29 is 9.59 Å². The van der Waals surface area contributed by atoms with Gasteiger partial charge in [0.2, 0.25) is 5.91 Å². The summed E-state index contributed by atoms with van der Waals surface area (Å²) < 4.78 is 0. The molecule has 0 bridgehead atoms. The average Bonchev–Trinajstić information content (AvgIpc) is 2.69. The monoisotopic (exact) mass is 386 g/mol. The smallest absolute Gasteiger partial charge is 0.251 e. The van der Waals surface area contributed by atoms with Gasteiger partial charge in [0.15, 0.2) is 0 Å². The molecule has 4 nitrogen and oxygen atoms in total. The average molecular weight is 386 g/mol. The van der Waals surface area contributed by atoms with Crippen LogP contribution in [-0.4, -0.2) is 17.4 Å². The summed E-state index contributed by atoms with van der Waals surface area (Å²) >= 11 is 0. The zero-order valence-corrected chi connectivity index (χ0v) is 17.0. The predicted octanol–water partition coefficient (Wildman–Crippen LogP) is 4.99. The van der Waals surface area contributed by atoms with Gasteiger partial charge in [0.25, 0.3) is 5.91 Å². The summed E-state index contributed by atoms with van der Waals surface area (Å²) in [5.74, 6) is -0.669. The fourth-order valence-corrected chi connectivity index (χ4v) is 3.12. The molecule has 0 unspecified atom stereocenters. The van der Waals surface area contributed by atoms with Gasteiger partial charge in [-0.3, -0.25) is 9.59 Å². The zero-order chi connectivity index (χ0) is 20.9. The Kier molecular flexibility index (Phi) is 6.13. The van der Waals surface area contributed by atoms with Crippen molar-refractivity contribution >= 4 is 17.5 Å². The molecule has 2 N–H and O–H groups in total. The summed E-state index contributed by atoms with van der Waals surface area (Å²) in [6.45, 7) is 5.81. The van der Waals surface area contributed by atoms with E-state index in [1.54, 1.807) is 24.3 Å². The molecule has 0 spiro atoms. The van der Waals surface area contributed by atoms with Crippen LogP contribution in [0.1, 0.15) is 48.2 Å². The maximum absolute atomic E-state index is 13.1. The van der Waals surface area contributed by atoms with Gasteiger partial charge in [-0.25, -0.2) is 0 Å². The lowest BCUT2D eigenvalue weighted by atomic mass is 9.90. The van der Waals surface area contributed by atoms with E-state index >= 15 is 0 Å². The van der Waals surface area contributed by atoms with Crippen molar-refractivity contribution in [2.24, 2.45) is 0 Å². The molecule has 3 aromatic carbocycles. The summed E-state index contributed by atoms with van der Waals surface area (Å²) in [6, 6.07) is 26.4. The van der Waals surface area contributed by atoms with Crippen LogP contribution in [0.4, 0.5) is 5.69 Å². The summed E-state index contributed by atoms with van der Waals surface area (Å²) in [4.78, 5) is 25.4. The van der Waals surface area contributed by atoms with Crippen molar-refractivity contribution in [1.82, 2.24) is 5.32 Å². The van der Waals surface area contributed by atoms with Crippen LogP contribution >= 0.6 is 0 Å². The Morgan fingerprint density at radius 3 is 1.66 bits per heavy atom. The van der Waals surface area contributed by atoms with Gasteiger partial charge < -0.3 is 10.6 Å². The topological polar surface area (TPSA) is 58.2 Å². The first-order valence-electron chi connectivity index (χ1n) is 9.67. The van der Waals surface area contributed by atoms with Gasteiger partial charge in [-0.15, -0.1) is 0 Å². The normalized spacial score (nSPS) is 11.2. The summed E-state index contributed by atoms with van der Waals surface area (Å²) in [7, 11) is 0. The second-order valence-corrected chi connectivity index (χ2v) is 8.03. The minimum absolute atomic E-state index is 0.116. The van der Waals surface area contributed by atoms with E-state index in [1.165, 1.54) is 0 Å². The van der Waals surface area contributed by atoms with E-state index in [0.29, 0.717) is 11.3 Å². The summed E-state index contributed by atoms with van der Waals surface area (Å²) in [6.07, 6.45) is 0. The van der Waals surface area contributed by atoms with E-state index in [1.807, 2.05) is 81.4 Å². The lowest BCUT2D eigenvalue weighted by Crippen LogP contribution is -2.40. The van der Waals surface area contributed by atoms with Crippen molar-refractivity contribution in [2.75, 3.05) is 5.32 Å². The van der Waals surface area contributed by atoms with E-state index in [4.69, 9.17) is 0 Å². The number of hydrogen-bond donors (Lipinski definition) is 2. The molecule has 0 fully saturated rings. The Morgan fingerprint density at radius 2 is 1.21 bits per heavy atom. The number of carbonyl (C=O) groups excluding carboxylic acids is 2. The number of anilines is 1. The van der Waals surface area contributed by atoms with Crippen LogP contribution in [0.5, 0.6) is 0 Å². The van der Waals surface area contributed by atoms with Gasteiger partial charge in [-0.2, -0.15) is 0 Å². The number of benzene rings is 3. The molecule has 0 saturated carbocycles. The molecular formula is C25H26N2O2. The van der Waals surface area contributed by atoms with Crippen molar-refractivity contribution in [3.8, 4) is 0 Å². The van der Waals surface area contributed by atoms with Crippen LogP contribution in [0.2, 0.25) is 0 Å². The molecule has 0 heterocycles. The lowest BCUT2D eigenvalue weighted by molar-refractivity contribution is -0.116. The van der Waals surface area contributed by atoms with Crippen molar-refractivity contribution in [2.45, 2.75) is 32.2 Å². The van der Waals surface area contributed by atoms with Gasteiger partial charge in [0, 0.05) is 16.8 Å². The number of hydrogen-bond acceptors (Lipinski definition) is 2. The Balaban J connectivity index is 1.79. The molecule has 0 atom stereocenters. The van der Waals surface area contributed by atoms with E-state index in [0.717, 1.165) is 11.1 Å². The Bertz CT molecular complexity index is 920. The first kappa shape index (κ1) is 20.3. The fourth-order valence-electron chi connectivity index (χ4n) is 3.12. The second-order valence-electron chi connectivity index (χ2n) is 8.03. The molecule has 0 radical (unpaired) electrons. The van der Waals surface area contributed by atoms with Gasteiger partial charge in [0.1, 0.15) is 0 Å². The van der Waals surface area contributed by atoms with Crippen molar-refractivity contribution in [1.29, 1.82) is 0 Å². The van der Waals surface area contributed by atoms with E-state index in [9.17, 15) is 9.59 Å². The van der Waals surface area contributed by atoms with Crippen molar-refractivity contribution in [3.05, 3.63) is 102 Å². The number of nitrogens with one attached hydrogen (secondary N) is 2. The van der Waals surface area contributed by atoms with Crippen LogP contribution in [0.3, 0.4) is 0 Å². The zero-order valence-electron chi connectivity index (χ0n) is 17.0. The third kappa shape index (κ3) is 5.55. The maximum atomic E-state index is 13.1. The molecule has 3 rings (SSSR count). The number of rotatable bonds is 5. The molecule has 148 valence electrons. The third-order valence-corrected chi connectivity index (χ3v) is 4.43. The first-order chi connectivity index (χ1) is 13.8. The van der Waals surface area contributed by atoms with Gasteiger partial charge in [0.05, 0.1) is 5.92 Å². The second kappa shape index (κ2) is 8.74.